The number of aliphatic hydroxyl groups excluding tert-OH is 1. The highest BCUT2D eigenvalue weighted by Gasteiger charge is 2.10. The molecule has 0 saturated carbocycles. The van der Waals surface area contributed by atoms with Gasteiger partial charge in [0, 0.05) is 24.8 Å². The highest BCUT2D eigenvalue weighted by atomic mass is 16.3. The largest absolute Gasteiger partial charge is 0.396 e. The Bertz CT molecular complexity index is 555. The van der Waals surface area contributed by atoms with Crippen molar-refractivity contribution in [2.24, 2.45) is 10.7 Å². The van der Waals surface area contributed by atoms with Crippen LogP contribution in [0.4, 0.5) is 5.69 Å². The lowest BCUT2D eigenvalue weighted by molar-refractivity contribution is 0.276. The molecule has 0 aliphatic carbocycles. The van der Waals surface area contributed by atoms with Gasteiger partial charge in [0.2, 0.25) is 0 Å². The molecule has 0 aliphatic heterocycles. The van der Waals surface area contributed by atoms with Gasteiger partial charge in [-0.2, -0.15) is 0 Å². The number of nitrogens with two attached hydrogens (primary N) is 1. The summed E-state index contributed by atoms with van der Waals surface area (Å²) in [5, 5.41) is 12.3. The van der Waals surface area contributed by atoms with Crippen molar-refractivity contribution in [3.63, 3.8) is 0 Å². The Balaban J connectivity index is 1.99. The number of benzene rings is 2. The highest BCUT2D eigenvalue weighted by Crippen LogP contribution is 2.19. The van der Waals surface area contributed by atoms with Gasteiger partial charge in [0.25, 0.3) is 0 Å². The van der Waals surface area contributed by atoms with Crippen LogP contribution in [0.25, 0.3) is 0 Å². The summed E-state index contributed by atoms with van der Waals surface area (Å²) < 4.78 is 0. The molecule has 0 heterocycles. The Hall–Kier alpha value is -2.33. The summed E-state index contributed by atoms with van der Waals surface area (Å²) >= 11 is 0. The Morgan fingerprint density at radius 2 is 1.67 bits per heavy atom. The van der Waals surface area contributed by atoms with E-state index in [0.29, 0.717) is 18.9 Å². The summed E-state index contributed by atoms with van der Waals surface area (Å²) in [6, 6.07) is 19.8. The summed E-state index contributed by atoms with van der Waals surface area (Å²) in [4.78, 5) is 4.39. The lowest BCUT2D eigenvalue weighted by Crippen LogP contribution is -2.23. The van der Waals surface area contributed by atoms with E-state index in [1.54, 1.807) is 0 Å². The Morgan fingerprint density at radius 1 is 1.05 bits per heavy atom. The van der Waals surface area contributed by atoms with Crippen molar-refractivity contribution in [3.05, 3.63) is 66.2 Å². The monoisotopic (exact) mass is 283 g/mol. The molecule has 1 unspecified atom stereocenters. The van der Waals surface area contributed by atoms with Crippen LogP contribution in [0.3, 0.4) is 0 Å². The zero-order chi connectivity index (χ0) is 14.9. The number of nitrogens with zero attached hydrogens (tertiary/aromatic N) is 1. The number of guanidine groups is 1. The third-order valence-corrected chi connectivity index (χ3v) is 3.28. The number of nitrogens with one attached hydrogen (secondary N) is 1. The van der Waals surface area contributed by atoms with Crippen LogP contribution in [0.5, 0.6) is 0 Å². The van der Waals surface area contributed by atoms with E-state index >= 15 is 0 Å². The molecule has 4 nitrogen and oxygen atoms in total. The van der Waals surface area contributed by atoms with Gasteiger partial charge in [-0.05, 0) is 24.1 Å². The van der Waals surface area contributed by atoms with E-state index in [1.807, 2.05) is 48.5 Å². The number of hydrogen-bond donors (Lipinski definition) is 3. The maximum atomic E-state index is 9.20. The van der Waals surface area contributed by atoms with Crippen molar-refractivity contribution in [3.8, 4) is 0 Å². The molecule has 4 heteroatoms. The van der Waals surface area contributed by atoms with Gasteiger partial charge in [-0.25, -0.2) is 0 Å². The van der Waals surface area contributed by atoms with Gasteiger partial charge >= 0.3 is 0 Å². The molecule has 0 saturated heterocycles. The van der Waals surface area contributed by atoms with Gasteiger partial charge in [0.1, 0.15) is 0 Å². The van der Waals surface area contributed by atoms with Crippen molar-refractivity contribution >= 4 is 11.6 Å². The standard InChI is InChI=1S/C17H21N3O/c18-17(20-16-9-5-2-6-10-16)19-13-15(11-12-21)14-7-3-1-4-8-14/h1-10,15,21H,11-13H2,(H3,18,19,20). The number of rotatable bonds is 6. The molecule has 110 valence electrons. The Labute approximate surface area is 125 Å². The first-order valence-corrected chi connectivity index (χ1v) is 7.07. The molecule has 2 aromatic rings. The van der Waals surface area contributed by atoms with Crippen LogP contribution in [0, 0.1) is 0 Å². The molecule has 0 aliphatic rings. The topological polar surface area (TPSA) is 70.6 Å². The van der Waals surface area contributed by atoms with E-state index in [-0.39, 0.29) is 12.5 Å². The highest BCUT2D eigenvalue weighted by molar-refractivity contribution is 5.92. The zero-order valence-corrected chi connectivity index (χ0v) is 11.9. The van der Waals surface area contributed by atoms with E-state index < -0.39 is 0 Å². The molecule has 1 atom stereocenters. The normalized spacial score (nSPS) is 12.9. The first kappa shape index (κ1) is 15.1. The number of anilines is 1. The summed E-state index contributed by atoms with van der Waals surface area (Å²) in [5.74, 6) is 0.562. The Kier molecular flexibility index (Phi) is 5.79. The Morgan fingerprint density at radius 3 is 2.29 bits per heavy atom. The first-order valence-electron chi connectivity index (χ1n) is 7.07. The number of para-hydroxylation sites is 1. The van der Waals surface area contributed by atoms with Gasteiger partial charge in [-0.3, -0.25) is 4.99 Å². The van der Waals surface area contributed by atoms with E-state index in [1.165, 1.54) is 5.56 Å². The first-order chi connectivity index (χ1) is 10.3. The third kappa shape index (κ3) is 4.93. The van der Waals surface area contributed by atoms with Gasteiger partial charge < -0.3 is 16.2 Å². The van der Waals surface area contributed by atoms with Crippen LogP contribution in [-0.2, 0) is 0 Å². The summed E-state index contributed by atoms with van der Waals surface area (Å²) in [6.07, 6.45) is 0.673. The average molecular weight is 283 g/mol. The molecule has 0 amide bonds. The molecular weight excluding hydrogens is 262 g/mol. The molecular formula is C17H21N3O. The van der Waals surface area contributed by atoms with E-state index in [9.17, 15) is 5.11 Å². The lowest BCUT2D eigenvalue weighted by atomic mass is 9.96. The van der Waals surface area contributed by atoms with Gasteiger partial charge in [-0.1, -0.05) is 48.5 Å². The molecule has 21 heavy (non-hydrogen) atoms. The van der Waals surface area contributed by atoms with Crippen LogP contribution < -0.4 is 11.1 Å². The smallest absolute Gasteiger partial charge is 0.193 e. The van der Waals surface area contributed by atoms with E-state index in [2.05, 4.69) is 22.4 Å². The van der Waals surface area contributed by atoms with Crippen LogP contribution in [0.15, 0.2) is 65.7 Å². The number of aliphatic hydroxyl groups is 1. The fourth-order valence-corrected chi connectivity index (χ4v) is 2.16. The zero-order valence-electron chi connectivity index (χ0n) is 11.9. The quantitative estimate of drug-likeness (QED) is 0.563. The van der Waals surface area contributed by atoms with Gasteiger partial charge in [0.15, 0.2) is 5.96 Å². The van der Waals surface area contributed by atoms with Crippen molar-refractivity contribution in [1.82, 2.24) is 0 Å². The molecule has 0 spiro atoms. The second kappa shape index (κ2) is 8.07. The fraction of sp³-hybridized carbons (Fsp3) is 0.235. The van der Waals surface area contributed by atoms with Crippen molar-refractivity contribution < 1.29 is 5.11 Å². The van der Waals surface area contributed by atoms with Crippen molar-refractivity contribution in [2.75, 3.05) is 18.5 Å². The molecule has 2 rings (SSSR count). The van der Waals surface area contributed by atoms with E-state index in [0.717, 1.165) is 5.69 Å². The maximum absolute atomic E-state index is 9.20. The number of aliphatic imine (C=N–C) groups is 1. The van der Waals surface area contributed by atoms with Crippen molar-refractivity contribution in [1.29, 1.82) is 0 Å². The second-order valence-electron chi connectivity index (χ2n) is 4.84. The van der Waals surface area contributed by atoms with Gasteiger partial charge in [0.05, 0.1) is 0 Å². The minimum Gasteiger partial charge on any atom is -0.396 e. The minimum absolute atomic E-state index is 0.140. The molecule has 2 aromatic carbocycles. The third-order valence-electron chi connectivity index (χ3n) is 3.28. The van der Waals surface area contributed by atoms with Crippen LogP contribution >= 0.6 is 0 Å². The molecule has 0 bridgehead atoms. The predicted octanol–water partition coefficient (Wildman–Crippen LogP) is 2.58. The lowest BCUT2D eigenvalue weighted by Gasteiger charge is -2.14. The van der Waals surface area contributed by atoms with Crippen LogP contribution in [0.2, 0.25) is 0 Å². The second-order valence-corrected chi connectivity index (χ2v) is 4.84. The van der Waals surface area contributed by atoms with Crippen LogP contribution in [0.1, 0.15) is 17.9 Å². The molecule has 0 radical (unpaired) electrons. The summed E-state index contributed by atoms with van der Waals surface area (Å²) in [7, 11) is 0. The predicted molar refractivity (Wildman–Crippen MR) is 87.4 cm³/mol. The maximum Gasteiger partial charge on any atom is 0.193 e. The molecule has 0 aromatic heterocycles. The number of hydrogen-bond acceptors (Lipinski definition) is 2. The van der Waals surface area contributed by atoms with Crippen molar-refractivity contribution in [2.45, 2.75) is 12.3 Å². The summed E-state index contributed by atoms with van der Waals surface area (Å²) in [5.41, 5.74) is 7.99. The van der Waals surface area contributed by atoms with Crippen LogP contribution in [-0.4, -0.2) is 24.2 Å². The fourth-order valence-electron chi connectivity index (χ4n) is 2.16. The summed E-state index contributed by atoms with van der Waals surface area (Å²) in [6.45, 7) is 0.692. The van der Waals surface area contributed by atoms with E-state index in [4.69, 9.17) is 5.73 Å². The molecule has 0 fully saturated rings. The molecule has 4 N–H and O–H groups in total. The van der Waals surface area contributed by atoms with Gasteiger partial charge in [-0.15, -0.1) is 0 Å². The SMILES string of the molecule is NC(=NCC(CCO)c1ccccc1)Nc1ccccc1. The average Bonchev–Trinajstić information content (AvgIpc) is 2.53. The minimum atomic E-state index is 0.140.